The quantitative estimate of drug-likeness (QED) is 0.574. The summed E-state index contributed by atoms with van der Waals surface area (Å²) in [4.78, 5) is 21.2. The highest BCUT2D eigenvalue weighted by Crippen LogP contribution is 2.00. The lowest BCUT2D eigenvalue weighted by atomic mass is 10.1. The zero-order valence-corrected chi connectivity index (χ0v) is 7.57. The van der Waals surface area contributed by atoms with Crippen LogP contribution >= 0.6 is 0 Å². The molecule has 0 rings (SSSR count). The number of nitrogens with one attached hydrogen (secondary N) is 1. The predicted molar refractivity (Wildman–Crippen MR) is 44.5 cm³/mol. The Morgan fingerprint density at radius 2 is 1.92 bits per heavy atom. The van der Waals surface area contributed by atoms with E-state index < -0.39 is 18.1 Å². The fourth-order valence-electron chi connectivity index (χ4n) is 0.647. The summed E-state index contributed by atoms with van der Waals surface area (Å²) in [5.41, 5.74) is 0. The van der Waals surface area contributed by atoms with E-state index in [1.54, 1.807) is 20.8 Å². The minimum absolute atomic E-state index is 0.135. The molecule has 0 heterocycles. The van der Waals surface area contributed by atoms with Crippen molar-refractivity contribution in [2.24, 2.45) is 5.92 Å². The summed E-state index contributed by atoms with van der Waals surface area (Å²) in [6.45, 7) is 5.02. The number of amides is 1. The predicted octanol–water partition coefficient (Wildman–Crippen LogP) is -0.293. The van der Waals surface area contributed by atoms with Gasteiger partial charge >= 0.3 is 0 Å². The van der Waals surface area contributed by atoms with E-state index in [0.717, 1.165) is 0 Å². The summed E-state index contributed by atoms with van der Waals surface area (Å²) < 4.78 is 0. The summed E-state index contributed by atoms with van der Waals surface area (Å²) in [6, 6.07) is -0.536. The van der Waals surface area contributed by atoms with Crippen LogP contribution in [-0.2, 0) is 9.59 Å². The van der Waals surface area contributed by atoms with Crippen LogP contribution in [0, 0.1) is 5.92 Å². The van der Waals surface area contributed by atoms with E-state index in [-0.39, 0.29) is 5.92 Å². The number of hydrogen-bond acceptors (Lipinski definition) is 3. The summed E-state index contributed by atoms with van der Waals surface area (Å²) >= 11 is 0. The first-order valence-corrected chi connectivity index (χ1v) is 3.92. The van der Waals surface area contributed by atoms with Crippen LogP contribution in [0.2, 0.25) is 0 Å². The van der Waals surface area contributed by atoms with Gasteiger partial charge in [-0.3, -0.25) is 4.79 Å². The molecule has 0 aromatic rings. The zero-order chi connectivity index (χ0) is 9.72. The number of aldehydes is 1. The number of rotatable bonds is 4. The fraction of sp³-hybridized carbons (Fsp3) is 0.750. The third-order valence-electron chi connectivity index (χ3n) is 1.47. The molecular formula is C8H15NO3. The molecule has 4 heteroatoms. The third kappa shape index (κ3) is 3.48. The fourth-order valence-corrected chi connectivity index (χ4v) is 0.647. The van der Waals surface area contributed by atoms with Crippen molar-refractivity contribution in [2.45, 2.75) is 32.9 Å². The largest absolute Gasteiger partial charge is 0.383 e. The molecule has 1 unspecified atom stereocenters. The van der Waals surface area contributed by atoms with Gasteiger partial charge < -0.3 is 15.2 Å². The number of aliphatic hydroxyl groups is 1. The maximum atomic E-state index is 11.0. The topological polar surface area (TPSA) is 66.4 Å². The lowest BCUT2D eigenvalue weighted by Crippen LogP contribution is -2.42. The number of carbonyl (C=O) groups excluding carboxylic acids is 2. The molecule has 2 atom stereocenters. The van der Waals surface area contributed by atoms with Crippen LogP contribution in [0.3, 0.4) is 0 Å². The molecule has 0 fully saturated rings. The van der Waals surface area contributed by atoms with Gasteiger partial charge in [-0.05, 0) is 12.8 Å². The van der Waals surface area contributed by atoms with Gasteiger partial charge in [-0.1, -0.05) is 13.8 Å². The first-order valence-electron chi connectivity index (χ1n) is 3.92. The summed E-state index contributed by atoms with van der Waals surface area (Å²) in [7, 11) is 0. The Kier molecular flexibility index (Phi) is 4.51. The number of aliphatic hydroxyl groups excluding tert-OH is 1. The second-order valence-electron chi connectivity index (χ2n) is 3.12. The van der Waals surface area contributed by atoms with Gasteiger partial charge in [-0.2, -0.15) is 0 Å². The second kappa shape index (κ2) is 4.87. The van der Waals surface area contributed by atoms with Crippen LogP contribution in [0.25, 0.3) is 0 Å². The van der Waals surface area contributed by atoms with Crippen molar-refractivity contribution in [1.29, 1.82) is 0 Å². The van der Waals surface area contributed by atoms with Crippen molar-refractivity contribution in [3.05, 3.63) is 0 Å². The first kappa shape index (κ1) is 11.1. The van der Waals surface area contributed by atoms with Gasteiger partial charge in [-0.15, -0.1) is 0 Å². The van der Waals surface area contributed by atoms with E-state index in [1.807, 2.05) is 0 Å². The normalized spacial score (nSPS) is 15.4. The van der Waals surface area contributed by atoms with Crippen LogP contribution in [-0.4, -0.2) is 29.4 Å². The molecule has 0 aromatic heterocycles. The van der Waals surface area contributed by atoms with Gasteiger partial charge in [-0.25, -0.2) is 0 Å². The van der Waals surface area contributed by atoms with Crippen molar-refractivity contribution in [3.63, 3.8) is 0 Å². The van der Waals surface area contributed by atoms with Crippen LogP contribution in [0.1, 0.15) is 20.8 Å². The van der Waals surface area contributed by atoms with Crippen molar-refractivity contribution in [2.75, 3.05) is 0 Å². The molecule has 0 aliphatic rings. The third-order valence-corrected chi connectivity index (χ3v) is 1.47. The van der Waals surface area contributed by atoms with Crippen molar-refractivity contribution < 1.29 is 14.7 Å². The summed E-state index contributed by atoms with van der Waals surface area (Å²) in [5, 5.41) is 11.6. The highest BCUT2D eigenvalue weighted by atomic mass is 16.3. The summed E-state index contributed by atoms with van der Waals surface area (Å²) in [5.74, 6) is -0.631. The molecule has 1 amide bonds. The molecule has 0 aliphatic carbocycles. The van der Waals surface area contributed by atoms with E-state index >= 15 is 0 Å². The van der Waals surface area contributed by atoms with Gasteiger partial charge in [0.25, 0.3) is 0 Å². The Labute approximate surface area is 72.0 Å². The molecule has 2 N–H and O–H groups in total. The monoisotopic (exact) mass is 173 g/mol. The van der Waals surface area contributed by atoms with E-state index in [9.17, 15) is 14.7 Å². The molecule has 0 spiro atoms. The molecular weight excluding hydrogens is 158 g/mol. The van der Waals surface area contributed by atoms with Gasteiger partial charge in [0.2, 0.25) is 5.91 Å². The minimum Gasteiger partial charge on any atom is -0.383 e. The lowest BCUT2D eigenvalue weighted by Gasteiger charge is -2.15. The molecule has 0 bridgehead atoms. The van der Waals surface area contributed by atoms with Crippen LogP contribution in [0.4, 0.5) is 0 Å². The van der Waals surface area contributed by atoms with E-state index in [2.05, 4.69) is 5.32 Å². The van der Waals surface area contributed by atoms with Gasteiger partial charge in [0.1, 0.15) is 12.4 Å². The first-order chi connectivity index (χ1) is 5.49. The smallest absolute Gasteiger partial charge is 0.249 e. The maximum Gasteiger partial charge on any atom is 0.249 e. The van der Waals surface area contributed by atoms with Crippen LogP contribution in [0.5, 0.6) is 0 Å². The molecule has 4 nitrogen and oxygen atoms in total. The average molecular weight is 173 g/mol. The van der Waals surface area contributed by atoms with Crippen LogP contribution in [0.15, 0.2) is 0 Å². The Morgan fingerprint density at radius 3 is 2.25 bits per heavy atom. The maximum absolute atomic E-state index is 11.0. The lowest BCUT2D eigenvalue weighted by molar-refractivity contribution is -0.133. The standard InChI is InChI=1S/C8H15NO3/c1-5(2)7(11)8(12)9-6(3)4-10/h4-7,11H,1-3H3,(H,9,12)/t6-,7?/m0/s1. The second-order valence-corrected chi connectivity index (χ2v) is 3.12. The van der Waals surface area contributed by atoms with Crippen molar-refractivity contribution in [3.8, 4) is 0 Å². The highest BCUT2D eigenvalue weighted by molar-refractivity contribution is 5.83. The van der Waals surface area contributed by atoms with Crippen molar-refractivity contribution in [1.82, 2.24) is 5.32 Å². The van der Waals surface area contributed by atoms with Crippen molar-refractivity contribution >= 4 is 12.2 Å². The Hall–Kier alpha value is -0.900. The van der Waals surface area contributed by atoms with E-state index in [4.69, 9.17) is 0 Å². The van der Waals surface area contributed by atoms with E-state index in [0.29, 0.717) is 6.29 Å². The molecule has 0 aromatic carbocycles. The molecule has 0 aliphatic heterocycles. The SMILES string of the molecule is CC(C)C(O)C(=O)N[C@@H](C)C=O. The van der Waals surface area contributed by atoms with Gasteiger partial charge in [0.05, 0.1) is 6.04 Å². The molecule has 0 saturated carbocycles. The minimum atomic E-state index is -1.03. The molecule has 0 radical (unpaired) electrons. The van der Waals surface area contributed by atoms with Gasteiger partial charge in [0, 0.05) is 0 Å². The van der Waals surface area contributed by atoms with E-state index in [1.165, 1.54) is 0 Å². The average Bonchev–Trinajstić information content (AvgIpc) is 2.02. The number of hydrogen-bond donors (Lipinski definition) is 2. The zero-order valence-electron chi connectivity index (χ0n) is 7.57. The number of carbonyl (C=O) groups is 2. The summed E-state index contributed by atoms with van der Waals surface area (Å²) in [6.07, 6.45) is -0.419. The molecule has 0 saturated heterocycles. The van der Waals surface area contributed by atoms with Crippen LogP contribution < -0.4 is 5.32 Å². The molecule has 12 heavy (non-hydrogen) atoms. The Morgan fingerprint density at radius 1 is 1.42 bits per heavy atom. The Balaban J connectivity index is 3.95. The Bertz CT molecular complexity index is 168. The highest BCUT2D eigenvalue weighted by Gasteiger charge is 2.19. The molecule has 70 valence electrons. The van der Waals surface area contributed by atoms with Gasteiger partial charge in [0.15, 0.2) is 0 Å².